The van der Waals surface area contributed by atoms with E-state index in [2.05, 4.69) is 15.5 Å². The number of nitrogens with one attached hydrogen (secondary N) is 1. The van der Waals surface area contributed by atoms with Crippen molar-refractivity contribution in [1.29, 1.82) is 0 Å². The maximum absolute atomic E-state index is 13.0. The molecule has 0 aliphatic carbocycles. The maximum atomic E-state index is 13.0. The molecule has 7 nitrogen and oxygen atoms in total. The molecular weight excluding hydrogens is 417 g/mol. The van der Waals surface area contributed by atoms with Gasteiger partial charge in [-0.3, -0.25) is 9.59 Å². The summed E-state index contributed by atoms with van der Waals surface area (Å²) < 4.78 is 14.8. The number of hydrogen-bond donors (Lipinski definition) is 1. The zero-order valence-corrected chi connectivity index (χ0v) is 17.9. The largest absolute Gasteiger partial charge is 0.326 e. The summed E-state index contributed by atoms with van der Waals surface area (Å²) >= 11 is 1.32. The molecule has 0 spiro atoms. The molecule has 1 aliphatic rings. The minimum Gasteiger partial charge on any atom is -0.326 e. The van der Waals surface area contributed by atoms with E-state index in [1.54, 1.807) is 0 Å². The Kier molecular flexibility index (Phi) is 6.31. The second kappa shape index (κ2) is 9.30. The number of thioether (sulfide) groups is 1. The number of anilines is 2. The van der Waals surface area contributed by atoms with E-state index in [-0.39, 0.29) is 29.8 Å². The van der Waals surface area contributed by atoms with Crippen molar-refractivity contribution in [2.24, 2.45) is 0 Å². The van der Waals surface area contributed by atoms with Gasteiger partial charge < -0.3 is 14.8 Å². The van der Waals surface area contributed by atoms with Crippen LogP contribution >= 0.6 is 11.8 Å². The van der Waals surface area contributed by atoms with Crippen LogP contribution in [-0.2, 0) is 29.0 Å². The van der Waals surface area contributed by atoms with Crippen LogP contribution in [0.1, 0.15) is 18.3 Å². The van der Waals surface area contributed by atoms with Gasteiger partial charge in [-0.25, -0.2) is 4.39 Å². The zero-order chi connectivity index (χ0) is 21.8. The molecule has 0 fully saturated rings. The van der Waals surface area contributed by atoms with Crippen molar-refractivity contribution in [2.75, 3.05) is 22.5 Å². The summed E-state index contributed by atoms with van der Waals surface area (Å²) in [7, 11) is 0. The number of carbonyl (C=O) groups excluding carboxylic acids is 2. The van der Waals surface area contributed by atoms with Crippen molar-refractivity contribution >= 4 is 35.0 Å². The Morgan fingerprint density at radius 2 is 1.90 bits per heavy atom. The maximum Gasteiger partial charge on any atom is 0.237 e. The Morgan fingerprint density at radius 3 is 2.68 bits per heavy atom. The molecule has 0 atom stereocenters. The molecular formula is C22H22FN5O2S. The van der Waals surface area contributed by atoms with Gasteiger partial charge in [-0.05, 0) is 49.2 Å². The number of amides is 2. The van der Waals surface area contributed by atoms with Crippen LogP contribution < -0.4 is 10.2 Å². The molecule has 2 aromatic carbocycles. The van der Waals surface area contributed by atoms with Crippen molar-refractivity contribution in [3.05, 3.63) is 65.7 Å². The van der Waals surface area contributed by atoms with Crippen LogP contribution in [0.5, 0.6) is 0 Å². The molecule has 0 unspecified atom stereocenters. The Labute approximate surface area is 183 Å². The Morgan fingerprint density at radius 1 is 1.13 bits per heavy atom. The number of para-hydroxylation sites is 1. The third-order valence-electron chi connectivity index (χ3n) is 5.07. The average Bonchev–Trinajstić information content (AvgIpc) is 3.37. The number of halogens is 1. The first kappa shape index (κ1) is 21.0. The van der Waals surface area contributed by atoms with Crippen LogP contribution in [0.15, 0.2) is 53.7 Å². The predicted octanol–water partition coefficient (Wildman–Crippen LogP) is 3.30. The van der Waals surface area contributed by atoms with Crippen LogP contribution in [0.25, 0.3) is 0 Å². The molecule has 2 amide bonds. The molecule has 160 valence electrons. The Bertz CT molecular complexity index is 1100. The molecule has 1 aliphatic heterocycles. The normalized spacial score (nSPS) is 12.6. The van der Waals surface area contributed by atoms with Gasteiger partial charge in [0.2, 0.25) is 11.8 Å². The van der Waals surface area contributed by atoms with Gasteiger partial charge in [-0.2, -0.15) is 0 Å². The van der Waals surface area contributed by atoms with Crippen molar-refractivity contribution in [3.8, 4) is 0 Å². The highest BCUT2D eigenvalue weighted by atomic mass is 32.2. The number of nitrogens with zero attached hydrogens (tertiary/aromatic N) is 4. The van der Waals surface area contributed by atoms with E-state index in [0.29, 0.717) is 29.8 Å². The topological polar surface area (TPSA) is 80.1 Å². The van der Waals surface area contributed by atoms with Crippen LogP contribution in [0, 0.1) is 5.82 Å². The predicted molar refractivity (Wildman–Crippen MR) is 118 cm³/mol. The molecule has 9 heteroatoms. The van der Waals surface area contributed by atoms with E-state index in [9.17, 15) is 14.0 Å². The number of aromatic nitrogens is 3. The third kappa shape index (κ3) is 4.77. The summed E-state index contributed by atoms with van der Waals surface area (Å²) in [5.74, 6) is 0.154. The zero-order valence-electron chi connectivity index (χ0n) is 17.0. The third-order valence-corrected chi connectivity index (χ3v) is 6.02. The van der Waals surface area contributed by atoms with E-state index >= 15 is 0 Å². The van der Waals surface area contributed by atoms with Crippen LogP contribution in [0.3, 0.4) is 0 Å². The molecule has 1 aromatic heterocycles. The van der Waals surface area contributed by atoms with Crippen LogP contribution in [-0.4, -0.2) is 38.9 Å². The summed E-state index contributed by atoms with van der Waals surface area (Å²) in [5, 5.41) is 11.6. The highest BCUT2D eigenvalue weighted by Gasteiger charge is 2.25. The van der Waals surface area contributed by atoms with E-state index in [1.165, 1.54) is 41.6 Å². The van der Waals surface area contributed by atoms with E-state index < -0.39 is 0 Å². The second-order valence-electron chi connectivity index (χ2n) is 7.09. The lowest BCUT2D eigenvalue weighted by molar-refractivity contribution is -0.116. The van der Waals surface area contributed by atoms with Gasteiger partial charge in [0.15, 0.2) is 5.16 Å². The molecule has 2 heterocycles. The summed E-state index contributed by atoms with van der Waals surface area (Å²) in [6.07, 6.45) is 0.900. The first-order valence-electron chi connectivity index (χ1n) is 10.0. The smallest absolute Gasteiger partial charge is 0.237 e. The van der Waals surface area contributed by atoms with Crippen molar-refractivity contribution in [2.45, 2.75) is 31.5 Å². The molecule has 31 heavy (non-hydrogen) atoms. The van der Waals surface area contributed by atoms with E-state index in [4.69, 9.17) is 0 Å². The second-order valence-corrected chi connectivity index (χ2v) is 8.03. The van der Waals surface area contributed by atoms with Crippen molar-refractivity contribution < 1.29 is 14.0 Å². The van der Waals surface area contributed by atoms with Gasteiger partial charge in [0.1, 0.15) is 11.6 Å². The number of rotatable bonds is 7. The standard InChI is InChI=1S/C22H22FN5O2S/c1-2-27-19(13-20(29)24-17-9-7-16(23)8-10-17)25-26-22(27)31-14-21(30)28-12-11-15-5-3-4-6-18(15)28/h3-10H,2,11-14H2,1H3,(H,24,29). The summed E-state index contributed by atoms with van der Waals surface area (Å²) in [6.45, 7) is 3.20. The van der Waals surface area contributed by atoms with Gasteiger partial charge in [0.25, 0.3) is 0 Å². The van der Waals surface area contributed by atoms with Gasteiger partial charge >= 0.3 is 0 Å². The average molecular weight is 440 g/mol. The number of benzene rings is 2. The number of fused-ring (bicyclic) bond motifs is 1. The van der Waals surface area contributed by atoms with Gasteiger partial charge in [-0.1, -0.05) is 30.0 Å². The molecule has 0 saturated carbocycles. The Balaban J connectivity index is 1.37. The Hall–Kier alpha value is -3.20. The monoisotopic (exact) mass is 439 g/mol. The van der Waals surface area contributed by atoms with Gasteiger partial charge in [0, 0.05) is 24.5 Å². The summed E-state index contributed by atoms with van der Waals surface area (Å²) in [4.78, 5) is 26.9. The first-order valence-corrected chi connectivity index (χ1v) is 11.0. The fourth-order valence-corrected chi connectivity index (χ4v) is 4.46. The summed E-state index contributed by atoms with van der Waals surface area (Å²) in [6, 6.07) is 13.5. The fraction of sp³-hybridized carbons (Fsp3) is 0.273. The molecule has 0 bridgehead atoms. The van der Waals surface area contributed by atoms with Crippen molar-refractivity contribution in [3.63, 3.8) is 0 Å². The van der Waals surface area contributed by atoms with Crippen LogP contribution in [0.2, 0.25) is 0 Å². The minimum atomic E-state index is -0.364. The van der Waals surface area contributed by atoms with E-state index in [1.807, 2.05) is 40.7 Å². The fourth-order valence-electron chi connectivity index (χ4n) is 3.56. The first-order chi connectivity index (χ1) is 15.0. The molecule has 4 rings (SSSR count). The van der Waals surface area contributed by atoms with Crippen molar-refractivity contribution in [1.82, 2.24) is 14.8 Å². The quantitative estimate of drug-likeness (QED) is 0.572. The van der Waals surface area contributed by atoms with Gasteiger partial charge in [0.05, 0.1) is 12.2 Å². The SMILES string of the molecule is CCn1c(CC(=O)Nc2ccc(F)cc2)nnc1SCC(=O)N1CCc2ccccc21. The van der Waals surface area contributed by atoms with Crippen LogP contribution in [0.4, 0.5) is 15.8 Å². The molecule has 1 N–H and O–H groups in total. The molecule has 0 radical (unpaired) electrons. The highest BCUT2D eigenvalue weighted by molar-refractivity contribution is 7.99. The lowest BCUT2D eigenvalue weighted by Gasteiger charge is -2.17. The number of hydrogen-bond acceptors (Lipinski definition) is 5. The van der Waals surface area contributed by atoms with Gasteiger partial charge in [-0.15, -0.1) is 10.2 Å². The minimum absolute atomic E-state index is 0.0243. The molecule has 0 saturated heterocycles. The number of carbonyl (C=O) groups is 2. The lowest BCUT2D eigenvalue weighted by Crippen LogP contribution is -2.30. The highest BCUT2D eigenvalue weighted by Crippen LogP contribution is 2.28. The summed E-state index contributed by atoms with van der Waals surface area (Å²) in [5.41, 5.74) is 2.68. The molecule has 3 aromatic rings. The lowest BCUT2D eigenvalue weighted by atomic mass is 10.2. The van der Waals surface area contributed by atoms with E-state index in [0.717, 1.165) is 12.1 Å².